The van der Waals surface area contributed by atoms with Crippen molar-refractivity contribution >= 4 is 17.7 Å². The lowest BCUT2D eigenvalue weighted by Gasteiger charge is -2.41. The number of benzene rings is 1. The second-order valence-electron chi connectivity index (χ2n) is 6.60. The van der Waals surface area contributed by atoms with Gasteiger partial charge < -0.3 is 14.5 Å². The molecule has 9 heteroatoms. The molecule has 1 saturated heterocycles. The number of halogens is 2. The molecular weight excluding hydrogens is 356 g/mol. The molecule has 0 N–H and O–H groups in total. The summed E-state index contributed by atoms with van der Waals surface area (Å²) in [5.41, 5.74) is 0.574. The summed E-state index contributed by atoms with van der Waals surface area (Å²) in [5.74, 6) is -0.0588. The normalized spacial score (nSPS) is 19.5. The number of anilines is 2. The van der Waals surface area contributed by atoms with Crippen LogP contribution >= 0.6 is 0 Å². The molecule has 4 rings (SSSR count). The Bertz CT molecular complexity index is 840. The first-order valence-corrected chi connectivity index (χ1v) is 8.76. The molecule has 27 heavy (non-hydrogen) atoms. The molecule has 2 aliphatic heterocycles. The maximum Gasteiger partial charge on any atom is 0.325 e. The SMILES string of the molecule is CC1COc2cc(F)ccc2N1C(=O)N1CCN(c2ncc(F)cn2)CC1. The van der Waals surface area contributed by atoms with Gasteiger partial charge in [0.1, 0.15) is 18.2 Å². The van der Waals surface area contributed by atoms with E-state index in [1.165, 1.54) is 12.1 Å². The fraction of sp³-hybridized carbons (Fsp3) is 0.389. The molecule has 0 spiro atoms. The van der Waals surface area contributed by atoms with Crippen molar-refractivity contribution in [3.05, 3.63) is 42.2 Å². The van der Waals surface area contributed by atoms with Crippen molar-refractivity contribution in [1.29, 1.82) is 0 Å². The zero-order valence-electron chi connectivity index (χ0n) is 14.8. The average Bonchev–Trinajstić information content (AvgIpc) is 2.68. The predicted molar refractivity (Wildman–Crippen MR) is 95.0 cm³/mol. The second kappa shape index (κ2) is 6.98. The van der Waals surface area contributed by atoms with Gasteiger partial charge in [-0.3, -0.25) is 4.90 Å². The molecule has 2 aromatic rings. The van der Waals surface area contributed by atoms with E-state index in [0.29, 0.717) is 50.2 Å². The lowest BCUT2D eigenvalue weighted by atomic mass is 10.1. The number of ether oxygens (including phenoxy) is 1. The van der Waals surface area contributed by atoms with Crippen LogP contribution in [0.5, 0.6) is 5.75 Å². The summed E-state index contributed by atoms with van der Waals surface area (Å²) < 4.78 is 32.0. The Labute approximate surface area is 155 Å². The van der Waals surface area contributed by atoms with Crippen molar-refractivity contribution in [1.82, 2.24) is 14.9 Å². The quantitative estimate of drug-likeness (QED) is 0.765. The molecule has 2 amide bonds. The van der Waals surface area contributed by atoms with Crippen molar-refractivity contribution < 1.29 is 18.3 Å². The highest BCUT2D eigenvalue weighted by molar-refractivity contribution is 5.94. The van der Waals surface area contributed by atoms with Crippen molar-refractivity contribution in [2.75, 3.05) is 42.6 Å². The highest BCUT2D eigenvalue weighted by Gasteiger charge is 2.34. The maximum absolute atomic E-state index is 13.5. The van der Waals surface area contributed by atoms with Crippen LogP contribution < -0.4 is 14.5 Å². The number of carbonyl (C=O) groups is 1. The number of hydrogen-bond acceptors (Lipinski definition) is 5. The molecule has 1 aromatic carbocycles. The topological polar surface area (TPSA) is 61.8 Å². The standard InChI is InChI=1S/C18H19F2N5O2/c1-12-11-27-16-8-13(19)2-3-15(16)25(12)18(26)24-6-4-23(5-7-24)17-21-9-14(20)10-22-17/h2-3,8-10,12H,4-7,11H2,1H3. The number of fused-ring (bicyclic) bond motifs is 1. The molecule has 1 fully saturated rings. The Kier molecular flexibility index (Phi) is 4.51. The van der Waals surface area contributed by atoms with Gasteiger partial charge in [0.2, 0.25) is 5.95 Å². The van der Waals surface area contributed by atoms with Crippen LogP contribution in [-0.2, 0) is 0 Å². The first-order valence-electron chi connectivity index (χ1n) is 8.76. The fourth-order valence-electron chi connectivity index (χ4n) is 3.34. The molecular formula is C18H19F2N5O2. The summed E-state index contributed by atoms with van der Waals surface area (Å²) in [6.07, 6.45) is 2.26. The number of amides is 2. The highest BCUT2D eigenvalue weighted by Crippen LogP contribution is 2.35. The van der Waals surface area contributed by atoms with E-state index in [1.807, 2.05) is 11.8 Å². The van der Waals surface area contributed by atoms with Gasteiger partial charge in [-0.05, 0) is 19.1 Å². The van der Waals surface area contributed by atoms with Crippen LogP contribution in [0, 0.1) is 11.6 Å². The molecule has 7 nitrogen and oxygen atoms in total. The van der Waals surface area contributed by atoms with Crippen LogP contribution in [0.25, 0.3) is 0 Å². The molecule has 0 radical (unpaired) electrons. The molecule has 2 aliphatic rings. The summed E-state index contributed by atoms with van der Waals surface area (Å²) in [7, 11) is 0. The first-order chi connectivity index (χ1) is 13.0. The van der Waals surface area contributed by atoms with Crippen molar-refractivity contribution in [3.63, 3.8) is 0 Å². The number of aromatic nitrogens is 2. The monoisotopic (exact) mass is 375 g/mol. The van der Waals surface area contributed by atoms with Gasteiger partial charge in [0, 0.05) is 32.2 Å². The Hall–Kier alpha value is -2.97. The third kappa shape index (κ3) is 3.36. The molecule has 1 aromatic heterocycles. The smallest absolute Gasteiger partial charge is 0.325 e. The van der Waals surface area contributed by atoms with Gasteiger partial charge in [0.05, 0.1) is 24.1 Å². The Morgan fingerprint density at radius 1 is 1.11 bits per heavy atom. The average molecular weight is 375 g/mol. The summed E-state index contributed by atoms with van der Waals surface area (Å²) in [6, 6.07) is 3.89. The van der Waals surface area contributed by atoms with Crippen molar-refractivity contribution in [2.45, 2.75) is 13.0 Å². The van der Waals surface area contributed by atoms with Gasteiger partial charge in [0.25, 0.3) is 0 Å². The van der Waals surface area contributed by atoms with Crippen LogP contribution in [-0.4, -0.2) is 59.7 Å². The van der Waals surface area contributed by atoms with E-state index in [2.05, 4.69) is 9.97 Å². The van der Waals surface area contributed by atoms with E-state index in [4.69, 9.17) is 4.74 Å². The summed E-state index contributed by atoms with van der Waals surface area (Å²) in [5, 5.41) is 0. The molecule has 0 saturated carbocycles. The van der Waals surface area contributed by atoms with Crippen LogP contribution in [0.2, 0.25) is 0 Å². The second-order valence-corrected chi connectivity index (χ2v) is 6.60. The van der Waals surface area contributed by atoms with Gasteiger partial charge in [-0.15, -0.1) is 0 Å². The lowest BCUT2D eigenvalue weighted by Crippen LogP contribution is -2.56. The zero-order valence-corrected chi connectivity index (χ0v) is 14.8. The van der Waals surface area contributed by atoms with Crippen LogP contribution in [0.4, 0.5) is 25.2 Å². The number of urea groups is 1. The highest BCUT2D eigenvalue weighted by atomic mass is 19.1. The number of hydrogen-bond donors (Lipinski definition) is 0. The molecule has 1 atom stereocenters. The summed E-state index contributed by atoms with van der Waals surface area (Å²) >= 11 is 0. The minimum atomic E-state index is -0.482. The lowest BCUT2D eigenvalue weighted by molar-refractivity contribution is 0.190. The van der Waals surface area contributed by atoms with Crippen LogP contribution in [0.15, 0.2) is 30.6 Å². The fourth-order valence-corrected chi connectivity index (χ4v) is 3.34. The minimum absolute atomic E-state index is 0.140. The molecule has 3 heterocycles. The van der Waals surface area contributed by atoms with E-state index < -0.39 is 11.6 Å². The molecule has 1 unspecified atom stereocenters. The van der Waals surface area contributed by atoms with Gasteiger partial charge in [-0.2, -0.15) is 0 Å². The molecule has 0 aliphatic carbocycles. The molecule has 0 bridgehead atoms. The van der Waals surface area contributed by atoms with E-state index in [-0.39, 0.29) is 12.1 Å². The summed E-state index contributed by atoms with van der Waals surface area (Å²) in [6.45, 7) is 4.28. The van der Waals surface area contributed by atoms with Crippen molar-refractivity contribution in [3.8, 4) is 5.75 Å². The summed E-state index contributed by atoms with van der Waals surface area (Å²) in [4.78, 5) is 26.4. The predicted octanol–water partition coefficient (Wildman–Crippen LogP) is 2.28. The van der Waals surface area contributed by atoms with Gasteiger partial charge in [-0.1, -0.05) is 0 Å². The first kappa shape index (κ1) is 17.4. The van der Waals surface area contributed by atoms with E-state index in [0.717, 1.165) is 12.4 Å². The zero-order chi connectivity index (χ0) is 19.0. The minimum Gasteiger partial charge on any atom is -0.489 e. The third-order valence-electron chi connectivity index (χ3n) is 4.75. The number of rotatable bonds is 1. The van der Waals surface area contributed by atoms with E-state index in [9.17, 15) is 13.6 Å². The number of nitrogens with zero attached hydrogens (tertiary/aromatic N) is 5. The maximum atomic E-state index is 13.5. The Morgan fingerprint density at radius 3 is 2.52 bits per heavy atom. The largest absolute Gasteiger partial charge is 0.489 e. The molecule has 142 valence electrons. The third-order valence-corrected chi connectivity index (χ3v) is 4.75. The Morgan fingerprint density at radius 2 is 1.81 bits per heavy atom. The van der Waals surface area contributed by atoms with E-state index in [1.54, 1.807) is 15.9 Å². The van der Waals surface area contributed by atoms with Crippen LogP contribution in [0.1, 0.15) is 6.92 Å². The van der Waals surface area contributed by atoms with Gasteiger partial charge in [-0.25, -0.2) is 23.5 Å². The van der Waals surface area contributed by atoms with Crippen LogP contribution in [0.3, 0.4) is 0 Å². The van der Waals surface area contributed by atoms with Gasteiger partial charge in [0.15, 0.2) is 5.82 Å². The van der Waals surface area contributed by atoms with E-state index >= 15 is 0 Å². The number of carbonyl (C=O) groups excluding carboxylic acids is 1. The number of piperazine rings is 1. The van der Waals surface area contributed by atoms with Crippen molar-refractivity contribution in [2.24, 2.45) is 0 Å². The Balaban J connectivity index is 1.47. The van der Waals surface area contributed by atoms with Gasteiger partial charge >= 0.3 is 6.03 Å².